The van der Waals surface area contributed by atoms with Crippen LogP contribution in [-0.4, -0.2) is 148 Å². The molecule has 0 aromatic carbocycles. The zero-order valence-corrected chi connectivity index (χ0v) is 37.9. The first kappa shape index (κ1) is 44.2. The molecule has 2 saturated carbocycles. The number of carbonyl (C=O) groups is 4. The van der Waals surface area contributed by atoms with Crippen LogP contribution in [0.5, 0.6) is 0 Å². The molecule has 6 aromatic rings. The zero-order valence-electron chi connectivity index (χ0n) is 37.9. The fourth-order valence-electron chi connectivity index (χ4n) is 9.76. The van der Waals surface area contributed by atoms with Crippen molar-refractivity contribution < 1.29 is 24.3 Å². The Labute approximate surface area is 382 Å². The number of hydrogen-bond acceptors (Lipinski definition) is 13. The minimum Gasteiger partial charge on any atom is -0.478 e. The van der Waals surface area contributed by atoms with Gasteiger partial charge in [-0.3, -0.25) is 19.3 Å². The van der Waals surface area contributed by atoms with Gasteiger partial charge in [0.1, 0.15) is 34.3 Å². The second-order valence-electron chi connectivity index (χ2n) is 18.0. The van der Waals surface area contributed by atoms with Crippen molar-refractivity contribution in [1.29, 1.82) is 0 Å². The number of nitrogens with zero attached hydrogens (tertiary/aromatic N) is 12. The van der Waals surface area contributed by atoms with Gasteiger partial charge in [-0.15, -0.1) is 0 Å². The van der Waals surface area contributed by atoms with Crippen LogP contribution in [0.4, 0.5) is 23.5 Å². The normalized spacial score (nSPS) is 17.7. The van der Waals surface area contributed by atoms with E-state index in [1.54, 1.807) is 68.7 Å². The molecule has 2 saturated heterocycles. The molecule has 4 aliphatic rings. The summed E-state index contributed by atoms with van der Waals surface area (Å²) in [7, 11) is 7.02. The topological polar surface area (TPSA) is 213 Å². The second-order valence-corrected chi connectivity index (χ2v) is 18.0. The van der Waals surface area contributed by atoms with Crippen molar-refractivity contribution in [1.82, 2.24) is 58.6 Å². The van der Waals surface area contributed by atoms with Crippen molar-refractivity contribution >= 4 is 69.3 Å². The van der Waals surface area contributed by atoms with E-state index in [4.69, 9.17) is 10.1 Å². The van der Waals surface area contributed by atoms with E-state index in [2.05, 4.69) is 45.0 Å². The van der Waals surface area contributed by atoms with Crippen molar-refractivity contribution in [3.05, 3.63) is 83.7 Å². The van der Waals surface area contributed by atoms with Gasteiger partial charge in [-0.2, -0.15) is 9.97 Å². The number of rotatable bonds is 10. The number of aromatic nitrogens is 8. The SMILES string of the molecule is CN(C)C(=O)c1cc2cnc(Nc3ccc(C(=O)N4CCN5CCC[C@@H]5C4)cn3)nc2n1C1CCCC1.CN(C)C(=O)c1cc2cnc(Nc3ccc(C(=O)O)cn3)nc2n1C1CCCC1. The van der Waals surface area contributed by atoms with Crippen LogP contribution < -0.4 is 10.6 Å². The zero-order chi connectivity index (χ0) is 46.1. The molecule has 8 heterocycles. The first-order valence-electron chi connectivity index (χ1n) is 22.8. The Bertz CT molecular complexity index is 2760. The van der Waals surface area contributed by atoms with Crippen LogP contribution in [0.1, 0.15) is 118 Å². The lowest BCUT2D eigenvalue weighted by atomic mass is 10.1. The Morgan fingerprint density at radius 2 is 1.08 bits per heavy atom. The number of carbonyl (C=O) groups excluding carboxylic acids is 3. The molecule has 0 radical (unpaired) electrons. The third kappa shape index (κ3) is 9.11. The lowest BCUT2D eigenvalue weighted by Crippen LogP contribution is -2.52. The lowest BCUT2D eigenvalue weighted by molar-refractivity contribution is 0.0570. The summed E-state index contributed by atoms with van der Waals surface area (Å²) in [5, 5.41) is 16.8. The first-order chi connectivity index (χ1) is 31.9. The minimum atomic E-state index is -1.03. The van der Waals surface area contributed by atoms with Crippen molar-refractivity contribution in [2.75, 3.05) is 65.0 Å². The number of anilines is 4. The summed E-state index contributed by atoms with van der Waals surface area (Å²) in [6.07, 6.45) is 17.4. The van der Waals surface area contributed by atoms with Crippen LogP contribution in [0.15, 0.2) is 61.2 Å². The van der Waals surface area contributed by atoms with Crippen molar-refractivity contribution in [2.24, 2.45) is 0 Å². The predicted molar refractivity (Wildman–Crippen MR) is 249 cm³/mol. The molecule has 10 rings (SSSR count). The van der Waals surface area contributed by atoms with E-state index < -0.39 is 5.97 Å². The van der Waals surface area contributed by atoms with Gasteiger partial charge < -0.3 is 39.6 Å². The first-order valence-corrected chi connectivity index (χ1v) is 22.8. The third-order valence-electron chi connectivity index (χ3n) is 13.2. The largest absolute Gasteiger partial charge is 0.478 e. The van der Waals surface area contributed by atoms with Gasteiger partial charge in [-0.05, 0) is 81.5 Å². The van der Waals surface area contributed by atoms with Gasteiger partial charge in [0.2, 0.25) is 11.9 Å². The van der Waals surface area contributed by atoms with Crippen molar-refractivity contribution in [3.63, 3.8) is 0 Å². The Morgan fingerprint density at radius 1 is 0.591 bits per heavy atom. The molecule has 0 unspecified atom stereocenters. The van der Waals surface area contributed by atoms with Gasteiger partial charge in [0, 0.05) is 102 Å². The fraction of sp³-hybridized carbons (Fsp3) is 0.447. The molecule has 6 aromatic heterocycles. The fourth-order valence-corrected chi connectivity index (χ4v) is 9.76. The number of carboxylic acids is 1. The predicted octanol–water partition coefficient (Wildman–Crippen LogP) is 6.39. The van der Waals surface area contributed by atoms with Crippen LogP contribution in [0.2, 0.25) is 0 Å². The summed E-state index contributed by atoms with van der Waals surface area (Å²) in [5.74, 6) is 0.681. The summed E-state index contributed by atoms with van der Waals surface area (Å²) >= 11 is 0. The van der Waals surface area contributed by atoms with E-state index in [1.807, 2.05) is 27.7 Å². The van der Waals surface area contributed by atoms with Gasteiger partial charge in [0.05, 0.1) is 11.1 Å². The molecule has 3 N–H and O–H groups in total. The molecule has 4 fully saturated rings. The number of pyridine rings is 2. The number of amides is 3. The van der Waals surface area contributed by atoms with Crippen molar-refractivity contribution in [2.45, 2.75) is 82.3 Å². The van der Waals surface area contributed by atoms with Crippen LogP contribution in [0.25, 0.3) is 22.1 Å². The molecular formula is C47H56N14O5. The number of aromatic carboxylic acids is 1. The van der Waals surface area contributed by atoms with Gasteiger partial charge in [0.25, 0.3) is 17.7 Å². The van der Waals surface area contributed by atoms with Gasteiger partial charge in [0.15, 0.2) is 0 Å². The van der Waals surface area contributed by atoms with Gasteiger partial charge in [-0.1, -0.05) is 25.7 Å². The van der Waals surface area contributed by atoms with Crippen LogP contribution in [-0.2, 0) is 0 Å². The Kier molecular flexibility index (Phi) is 12.6. The average molecular weight is 897 g/mol. The smallest absolute Gasteiger partial charge is 0.337 e. The quantitative estimate of drug-likeness (QED) is 0.136. The second kappa shape index (κ2) is 18.8. The summed E-state index contributed by atoms with van der Waals surface area (Å²) < 4.78 is 4.13. The average Bonchev–Trinajstić information content (AvgIpc) is 4.19. The molecule has 1 atom stereocenters. The highest BCUT2D eigenvalue weighted by Gasteiger charge is 2.33. The van der Waals surface area contributed by atoms with E-state index in [0.29, 0.717) is 52.2 Å². The molecule has 19 nitrogen and oxygen atoms in total. The van der Waals surface area contributed by atoms with Gasteiger partial charge >= 0.3 is 5.97 Å². The Balaban J connectivity index is 0.000000171. The molecular weight excluding hydrogens is 841 g/mol. The molecule has 344 valence electrons. The van der Waals surface area contributed by atoms with E-state index >= 15 is 0 Å². The van der Waals surface area contributed by atoms with Crippen LogP contribution in [0, 0.1) is 0 Å². The number of fused-ring (bicyclic) bond motifs is 3. The summed E-state index contributed by atoms with van der Waals surface area (Å²) in [6, 6.07) is 11.4. The molecule has 3 amide bonds. The highest BCUT2D eigenvalue weighted by Crippen LogP contribution is 2.36. The monoisotopic (exact) mass is 896 g/mol. The van der Waals surface area contributed by atoms with Crippen molar-refractivity contribution in [3.8, 4) is 0 Å². The molecule has 0 spiro atoms. The minimum absolute atomic E-state index is 0.0318. The van der Waals surface area contributed by atoms with Crippen LogP contribution in [0.3, 0.4) is 0 Å². The maximum absolute atomic E-state index is 13.1. The number of hydrogen-bond donors (Lipinski definition) is 3. The standard InChI is InChI=1S/C27H34N8O2.C20H22N6O3/c1-32(2)26(37)22-14-19-16-29-27(31-24(19)35(22)20-6-3-4-7-20)30-23-10-9-18(15-28-23)25(36)34-13-12-33-11-5-8-21(33)17-34;1-25(2)18(27)15-9-13-11-22-20(23-16-8-7-12(10-21-16)19(28)29)24-17(13)26(15)14-5-3-4-6-14/h9-10,14-16,20-21H,3-8,11-13,17H2,1-2H3,(H,28,29,30,31);7-11,14H,3-6H2,1-2H3,(H,28,29)(H,21,22,23,24)/t21-;/m1./s1. The van der Waals surface area contributed by atoms with E-state index in [1.165, 1.54) is 25.1 Å². The number of carboxylic acid groups (broad SMARTS) is 1. The number of piperazine rings is 1. The van der Waals surface area contributed by atoms with Gasteiger partial charge in [-0.25, -0.2) is 24.7 Å². The Morgan fingerprint density at radius 3 is 1.53 bits per heavy atom. The van der Waals surface area contributed by atoms with E-state index in [-0.39, 0.29) is 35.4 Å². The summed E-state index contributed by atoms with van der Waals surface area (Å²) in [6.45, 7) is 3.67. The molecule has 0 bridgehead atoms. The Hall–Kier alpha value is -7.02. The third-order valence-corrected chi connectivity index (χ3v) is 13.2. The molecule has 2 aliphatic carbocycles. The summed E-state index contributed by atoms with van der Waals surface area (Å²) in [5.41, 5.74) is 3.43. The maximum atomic E-state index is 13.1. The highest BCUT2D eigenvalue weighted by atomic mass is 16.4. The van der Waals surface area contributed by atoms with Crippen LogP contribution >= 0.6 is 0 Å². The van der Waals surface area contributed by atoms with E-state index in [0.717, 1.165) is 94.0 Å². The maximum Gasteiger partial charge on any atom is 0.337 e. The molecule has 19 heteroatoms. The number of nitrogens with one attached hydrogen (secondary N) is 2. The molecule has 66 heavy (non-hydrogen) atoms. The highest BCUT2D eigenvalue weighted by molar-refractivity contribution is 5.99. The lowest BCUT2D eigenvalue weighted by Gasteiger charge is -2.37. The summed E-state index contributed by atoms with van der Waals surface area (Å²) in [4.78, 5) is 84.1. The molecule has 2 aliphatic heterocycles. The van der Waals surface area contributed by atoms with E-state index in [9.17, 15) is 19.2 Å².